The Labute approximate surface area is 120 Å². The van der Waals surface area contributed by atoms with E-state index in [1.54, 1.807) is 6.07 Å². The Morgan fingerprint density at radius 2 is 1.75 bits per heavy atom. The standard InChI is InChI=1S/C18H22FN/c1-12(2)20-11-15-6-8-18(19)17(10-15)16-7-5-13(3)14(4)9-16/h5-10,12,20H,11H2,1-4H3. The Morgan fingerprint density at radius 3 is 2.40 bits per heavy atom. The molecule has 106 valence electrons. The summed E-state index contributed by atoms with van der Waals surface area (Å²) >= 11 is 0. The summed E-state index contributed by atoms with van der Waals surface area (Å²) in [7, 11) is 0. The molecule has 0 amide bonds. The highest BCUT2D eigenvalue weighted by Gasteiger charge is 2.07. The minimum absolute atomic E-state index is 0.165. The maximum absolute atomic E-state index is 14.1. The van der Waals surface area contributed by atoms with Crippen LogP contribution < -0.4 is 5.32 Å². The molecule has 0 aromatic heterocycles. The molecule has 0 spiro atoms. The largest absolute Gasteiger partial charge is 0.310 e. The summed E-state index contributed by atoms with van der Waals surface area (Å²) in [6.07, 6.45) is 0. The van der Waals surface area contributed by atoms with Gasteiger partial charge in [-0.05, 0) is 48.2 Å². The summed E-state index contributed by atoms with van der Waals surface area (Å²) in [5.74, 6) is -0.165. The fourth-order valence-corrected chi connectivity index (χ4v) is 2.13. The smallest absolute Gasteiger partial charge is 0.131 e. The van der Waals surface area contributed by atoms with Crippen LogP contribution in [0, 0.1) is 19.7 Å². The van der Waals surface area contributed by atoms with Gasteiger partial charge in [0, 0.05) is 18.2 Å². The normalized spacial score (nSPS) is 11.1. The van der Waals surface area contributed by atoms with E-state index < -0.39 is 0 Å². The molecular weight excluding hydrogens is 249 g/mol. The second-order valence-electron chi connectivity index (χ2n) is 5.65. The quantitative estimate of drug-likeness (QED) is 0.856. The third kappa shape index (κ3) is 3.45. The van der Waals surface area contributed by atoms with Gasteiger partial charge in [0.25, 0.3) is 0 Å². The lowest BCUT2D eigenvalue weighted by Crippen LogP contribution is -2.21. The average molecular weight is 271 g/mol. The van der Waals surface area contributed by atoms with Crippen LogP contribution in [0.1, 0.15) is 30.5 Å². The highest BCUT2D eigenvalue weighted by molar-refractivity contribution is 5.66. The lowest BCUT2D eigenvalue weighted by Gasteiger charge is -2.11. The predicted molar refractivity (Wildman–Crippen MR) is 83.3 cm³/mol. The highest BCUT2D eigenvalue weighted by Crippen LogP contribution is 2.26. The van der Waals surface area contributed by atoms with Gasteiger partial charge in [0.2, 0.25) is 0 Å². The van der Waals surface area contributed by atoms with Crippen LogP contribution in [0.4, 0.5) is 4.39 Å². The lowest BCUT2D eigenvalue weighted by atomic mass is 9.98. The number of halogens is 1. The SMILES string of the molecule is Cc1ccc(-c2cc(CNC(C)C)ccc2F)cc1C. The van der Waals surface area contributed by atoms with Gasteiger partial charge in [0.15, 0.2) is 0 Å². The topological polar surface area (TPSA) is 12.0 Å². The molecule has 0 bridgehead atoms. The monoisotopic (exact) mass is 271 g/mol. The van der Waals surface area contributed by atoms with Crippen LogP contribution in [0.2, 0.25) is 0 Å². The molecule has 0 saturated heterocycles. The van der Waals surface area contributed by atoms with Crippen molar-refractivity contribution in [3.05, 3.63) is 58.9 Å². The van der Waals surface area contributed by atoms with Crippen molar-refractivity contribution in [1.82, 2.24) is 5.32 Å². The van der Waals surface area contributed by atoms with Gasteiger partial charge in [-0.2, -0.15) is 0 Å². The predicted octanol–water partition coefficient (Wildman–Crippen LogP) is 4.61. The molecule has 2 rings (SSSR count). The summed E-state index contributed by atoms with van der Waals surface area (Å²) in [6.45, 7) is 9.09. The molecular formula is C18H22FN. The van der Waals surface area contributed by atoms with Crippen molar-refractivity contribution in [3.63, 3.8) is 0 Å². The van der Waals surface area contributed by atoms with Crippen molar-refractivity contribution in [2.75, 3.05) is 0 Å². The number of hydrogen-bond acceptors (Lipinski definition) is 1. The second kappa shape index (κ2) is 6.19. The first-order valence-electron chi connectivity index (χ1n) is 7.07. The molecule has 1 nitrogen and oxygen atoms in total. The number of benzene rings is 2. The van der Waals surface area contributed by atoms with Gasteiger partial charge in [-0.3, -0.25) is 0 Å². The fourth-order valence-electron chi connectivity index (χ4n) is 2.13. The Balaban J connectivity index is 2.34. The van der Waals surface area contributed by atoms with E-state index in [9.17, 15) is 4.39 Å². The summed E-state index contributed by atoms with van der Waals surface area (Å²) in [6, 6.07) is 11.8. The summed E-state index contributed by atoms with van der Waals surface area (Å²) in [5, 5.41) is 3.36. The third-order valence-corrected chi connectivity index (χ3v) is 3.56. The van der Waals surface area contributed by atoms with Crippen LogP contribution in [-0.2, 0) is 6.54 Å². The molecule has 2 aromatic rings. The zero-order valence-corrected chi connectivity index (χ0v) is 12.6. The van der Waals surface area contributed by atoms with Crippen molar-refractivity contribution in [2.24, 2.45) is 0 Å². The molecule has 0 saturated carbocycles. The number of hydrogen-bond donors (Lipinski definition) is 1. The van der Waals surface area contributed by atoms with E-state index in [0.717, 1.165) is 17.7 Å². The van der Waals surface area contributed by atoms with Crippen LogP contribution in [0.3, 0.4) is 0 Å². The summed E-state index contributed by atoms with van der Waals surface area (Å²) < 4.78 is 14.1. The molecule has 0 heterocycles. The van der Waals surface area contributed by atoms with Crippen LogP contribution in [0.15, 0.2) is 36.4 Å². The molecule has 0 fully saturated rings. The first kappa shape index (κ1) is 14.7. The molecule has 20 heavy (non-hydrogen) atoms. The van der Waals surface area contributed by atoms with Gasteiger partial charge < -0.3 is 5.32 Å². The van der Waals surface area contributed by atoms with Crippen LogP contribution >= 0.6 is 0 Å². The van der Waals surface area contributed by atoms with E-state index in [-0.39, 0.29) is 5.82 Å². The van der Waals surface area contributed by atoms with E-state index in [1.807, 2.05) is 30.3 Å². The van der Waals surface area contributed by atoms with Gasteiger partial charge in [0.05, 0.1) is 0 Å². The lowest BCUT2D eigenvalue weighted by molar-refractivity contribution is 0.586. The number of nitrogens with one attached hydrogen (secondary N) is 1. The molecule has 2 aromatic carbocycles. The molecule has 0 unspecified atom stereocenters. The average Bonchev–Trinajstić information content (AvgIpc) is 2.41. The molecule has 0 aliphatic carbocycles. The minimum atomic E-state index is -0.165. The van der Waals surface area contributed by atoms with Crippen molar-refractivity contribution in [2.45, 2.75) is 40.3 Å². The third-order valence-electron chi connectivity index (χ3n) is 3.56. The fraction of sp³-hybridized carbons (Fsp3) is 0.333. The molecule has 0 radical (unpaired) electrons. The maximum atomic E-state index is 14.1. The zero-order chi connectivity index (χ0) is 14.7. The van der Waals surface area contributed by atoms with Crippen LogP contribution in [-0.4, -0.2) is 6.04 Å². The van der Waals surface area contributed by atoms with Crippen molar-refractivity contribution < 1.29 is 4.39 Å². The van der Waals surface area contributed by atoms with E-state index in [0.29, 0.717) is 11.6 Å². The summed E-state index contributed by atoms with van der Waals surface area (Å²) in [4.78, 5) is 0. The Hall–Kier alpha value is -1.67. The van der Waals surface area contributed by atoms with Crippen molar-refractivity contribution >= 4 is 0 Å². The minimum Gasteiger partial charge on any atom is -0.310 e. The Bertz CT molecular complexity index is 602. The van der Waals surface area contributed by atoms with Crippen LogP contribution in [0.25, 0.3) is 11.1 Å². The van der Waals surface area contributed by atoms with Gasteiger partial charge in [-0.15, -0.1) is 0 Å². The molecule has 1 N–H and O–H groups in total. The first-order valence-corrected chi connectivity index (χ1v) is 7.07. The second-order valence-corrected chi connectivity index (χ2v) is 5.65. The molecule has 0 aliphatic rings. The molecule has 0 atom stereocenters. The maximum Gasteiger partial charge on any atom is 0.131 e. The van der Waals surface area contributed by atoms with Gasteiger partial charge in [0.1, 0.15) is 5.82 Å². The van der Waals surface area contributed by atoms with E-state index in [4.69, 9.17) is 0 Å². The summed E-state index contributed by atoms with van der Waals surface area (Å²) in [5.41, 5.74) is 5.14. The van der Waals surface area contributed by atoms with Gasteiger partial charge in [-0.1, -0.05) is 38.1 Å². The van der Waals surface area contributed by atoms with Gasteiger partial charge >= 0.3 is 0 Å². The van der Waals surface area contributed by atoms with Gasteiger partial charge in [-0.25, -0.2) is 4.39 Å². The van der Waals surface area contributed by atoms with E-state index >= 15 is 0 Å². The van der Waals surface area contributed by atoms with E-state index in [1.165, 1.54) is 11.1 Å². The Kier molecular flexibility index (Phi) is 4.56. The molecule has 2 heteroatoms. The Morgan fingerprint density at radius 1 is 1.00 bits per heavy atom. The number of aryl methyl sites for hydroxylation is 2. The van der Waals surface area contributed by atoms with E-state index in [2.05, 4.69) is 33.0 Å². The molecule has 0 aliphatic heterocycles. The van der Waals surface area contributed by atoms with Crippen LogP contribution in [0.5, 0.6) is 0 Å². The van der Waals surface area contributed by atoms with Crippen molar-refractivity contribution in [3.8, 4) is 11.1 Å². The zero-order valence-electron chi connectivity index (χ0n) is 12.6. The first-order chi connectivity index (χ1) is 9.47. The van der Waals surface area contributed by atoms with Crippen molar-refractivity contribution in [1.29, 1.82) is 0 Å². The number of rotatable bonds is 4. The highest BCUT2D eigenvalue weighted by atomic mass is 19.1.